The predicted molar refractivity (Wildman–Crippen MR) is 168 cm³/mol. The number of alkyl halides is 3. The first-order valence-corrected chi connectivity index (χ1v) is 15.8. The van der Waals surface area contributed by atoms with E-state index in [1.165, 1.54) is 33.3 Å². The van der Waals surface area contributed by atoms with Gasteiger partial charge in [0.2, 0.25) is 0 Å². The van der Waals surface area contributed by atoms with Crippen molar-refractivity contribution in [3.63, 3.8) is 0 Å². The molecule has 42 heavy (non-hydrogen) atoms. The number of hydrogen-bond donors (Lipinski definition) is 1. The van der Waals surface area contributed by atoms with E-state index in [4.69, 9.17) is 0 Å². The minimum atomic E-state index is -4.33. The molecule has 4 aromatic carbocycles. The van der Waals surface area contributed by atoms with Crippen LogP contribution in [-0.4, -0.2) is 56.1 Å². The third-order valence-corrected chi connectivity index (χ3v) is 9.95. The Morgan fingerprint density at radius 2 is 1.24 bits per heavy atom. The first-order valence-electron chi connectivity index (χ1n) is 14.1. The molecule has 0 aliphatic carbocycles. The summed E-state index contributed by atoms with van der Waals surface area (Å²) < 4.78 is 39.8. The van der Waals surface area contributed by atoms with Crippen molar-refractivity contribution in [1.82, 2.24) is 9.80 Å². The van der Waals surface area contributed by atoms with E-state index >= 15 is 0 Å². The van der Waals surface area contributed by atoms with Gasteiger partial charge in [-0.2, -0.15) is 13.2 Å². The zero-order valence-electron chi connectivity index (χ0n) is 23.4. The minimum absolute atomic E-state index is 0.588. The van der Waals surface area contributed by atoms with Crippen LogP contribution in [0.3, 0.4) is 0 Å². The Balaban J connectivity index is 0.000000187. The zero-order valence-corrected chi connectivity index (χ0v) is 25.0. The van der Waals surface area contributed by atoms with Crippen LogP contribution in [0.2, 0.25) is 0 Å². The van der Waals surface area contributed by atoms with Crippen molar-refractivity contribution in [1.29, 1.82) is 0 Å². The molecule has 1 N–H and O–H groups in total. The second-order valence-corrected chi connectivity index (χ2v) is 12.8. The van der Waals surface area contributed by atoms with Gasteiger partial charge in [-0.3, -0.25) is 0 Å². The van der Waals surface area contributed by atoms with Gasteiger partial charge < -0.3 is 20.0 Å². The largest absolute Gasteiger partial charge is 0.416 e. The molecule has 0 spiro atoms. The molecular weight excluding hydrogens is 574 g/mol. The fourth-order valence-corrected chi connectivity index (χ4v) is 7.42. The van der Waals surface area contributed by atoms with Crippen LogP contribution < -0.4 is 10.2 Å². The summed E-state index contributed by atoms with van der Waals surface area (Å²) in [5, 5.41) is 3.42. The third kappa shape index (κ3) is 6.59. The van der Waals surface area contributed by atoms with Crippen LogP contribution in [0.4, 0.5) is 35.9 Å². The van der Waals surface area contributed by atoms with Gasteiger partial charge in [-0.15, -0.1) is 0 Å². The fraction of sp³-hybridized carbons (Fsp3) is 0.273. The lowest BCUT2D eigenvalue weighted by molar-refractivity contribution is -0.137. The topological polar surface area (TPSA) is 21.8 Å². The summed E-state index contributed by atoms with van der Waals surface area (Å²) >= 11 is 3.36. The predicted octanol–water partition coefficient (Wildman–Crippen LogP) is 8.84. The highest BCUT2D eigenvalue weighted by atomic mass is 32.2. The fourth-order valence-electron chi connectivity index (χ4n) is 5.35. The number of hydrogen-bond acceptors (Lipinski definition) is 6. The highest BCUT2D eigenvalue weighted by Gasteiger charge is 2.33. The maximum Gasteiger partial charge on any atom is 0.416 e. The van der Waals surface area contributed by atoms with Crippen molar-refractivity contribution in [2.45, 2.75) is 32.2 Å². The molecule has 3 aliphatic rings. The van der Waals surface area contributed by atoms with Crippen molar-refractivity contribution in [2.24, 2.45) is 0 Å². The molecule has 0 bridgehead atoms. The molecular formula is C33H33F3N4S2. The number of para-hydroxylation sites is 3. The van der Waals surface area contributed by atoms with E-state index in [1.807, 2.05) is 36.0 Å². The summed E-state index contributed by atoms with van der Waals surface area (Å²) in [5.74, 6) is 0. The third-order valence-electron chi connectivity index (χ3n) is 7.67. The highest BCUT2D eigenvalue weighted by Crippen LogP contribution is 2.49. The monoisotopic (exact) mass is 606 g/mol. The SMILES string of the molecule is CN1CCN(CCCN2c3ccccc3Sc3ccc(C(F)(F)F)cc32)CC1.c1ccc2c(c1)Nc1ccccc1S2. The molecule has 0 saturated carbocycles. The average Bonchev–Trinajstić information content (AvgIpc) is 3.00. The molecule has 0 atom stereocenters. The van der Waals surface area contributed by atoms with Gasteiger partial charge in [0.05, 0.1) is 28.3 Å². The number of halogens is 3. The number of piperazine rings is 1. The Morgan fingerprint density at radius 1 is 0.667 bits per heavy atom. The van der Waals surface area contributed by atoms with E-state index < -0.39 is 11.7 Å². The maximum atomic E-state index is 13.3. The normalized spacial score (nSPS) is 16.2. The number of nitrogens with zero attached hydrogens (tertiary/aromatic N) is 3. The van der Waals surface area contributed by atoms with Crippen LogP contribution in [0.5, 0.6) is 0 Å². The number of benzene rings is 4. The molecule has 3 heterocycles. The van der Waals surface area contributed by atoms with Gasteiger partial charge in [0.25, 0.3) is 0 Å². The molecule has 0 unspecified atom stereocenters. The van der Waals surface area contributed by atoms with Gasteiger partial charge in [0.1, 0.15) is 0 Å². The summed E-state index contributed by atoms with van der Waals surface area (Å²) in [7, 11) is 2.13. The lowest BCUT2D eigenvalue weighted by Crippen LogP contribution is -2.45. The Morgan fingerprint density at radius 3 is 1.90 bits per heavy atom. The van der Waals surface area contributed by atoms with E-state index in [1.54, 1.807) is 17.8 Å². The lowest BCUT2D eigenvalue weighted by Gasteiger charge is -2.35. The first-order chi connectivity index (χ1) is 20.3. The van der Waals surface area contributed by atoms with Gasteiger partial charge in [-0.05, 0) is 74.6 Å². The van der Waals surface area contributed by atoms with Crippen LogP contribution in [0.15, 0.2) is 111 Å². The van der Waals surface area contributed by atoms with Crippen molar-refractivity contribution in [3.8, 4) is 0 Å². The molecule has 0 radical (unpaired) electrons. The van der Waals surface area contributed by atoms with Crippen molar-refractivity contribution in [3.05, 3.63) is 96.6 Å². The highest BCUT2D eigenvalue weighted by molar-refractivity contribution is 8.00. The number of nitrogens with one attached hydrogen (secondary N) is 1. The van der Waals surface area contributed by atoms with E-state index in [-0.39, 0.29) is 0 Å². The molecule has 0 amide bonds. The first kappa shape index (κ1) is 29.0. The molecule has 7 rings (SSSR count). The van der Waals surface area contributed by atoms with E-state index in [9.17, 15) is 13.2 Å². The van der Waals surface area contributed by atoms with E-state index in [2.05, 4.69) is 75.6 Å². The number of likely N-dealkylation sites (N-methyl/N-ethyl adjacent to an activating group) is 1. The zero-order chi connectivity index (χ0) is 29.1. The van der Waals surface area contributed by atoms with Crippen LogP contribution in [0.1, 0.15) is 12.0 Å². The van der Waals surface area contributed by atoms with Crippen molar-refractivity contribution in [2.75, 3.05) is 56.5 Å². The molecule has 4 nitrogen and oxygen atoms in total. The molecule has 218 valence electrons. The van der Waals surface area contributed by atoms with Crippen molar-refractivity contribution >= 4 is 46.3 Å². The standard InChI is InChI=1S/C21H24F3N3S.C12H9NS/c1-25-11-13-26(14-12-25)9-4-10-27-17-5-2-3-6-19(17)28-20-8-7-16(15-18(20)27)21(22,23)24;1-3-7-11-9(5-1)13-10-6-2-4-8-12(10)14-11/h2-3,5-8,15H,4,9-14H2,1H3;1-8,13H. The quantitative estimate of drug-likeness (QED) is 0.219. The van der Waals surface area contributed by atoms with Crippen molar-refractivity contribution < 1.29 is 13.2 Å². The molecule has 1 saturated heterocycles. The van der Waals surface area contributed by atoms with Gasteiger partial charge in [0.15, 0.2) is 0 Å². The average molecular weight is 607 g/mol. The van der Waals surface area contributed by atoms with Gasteiger partial charge in [0, 0.05) is 52.3 Å². The smallest absolute Gasteiger partial charge is 0.354 e. The Labute approximate surface area is 253 Å². The molecule has 3 aliphatic heterocycles. The van der Waals surface area contributed by atoms with Crippen LogP contribution in [0.25, 0.3) is 0 Å². The molecule has 4 aromatic rings. The summed E-state index contributed by atoms with van der Waals surface area (Å²) in [6.45, 7) is 5.92. The second kappa shape index (κ2) is 12.6. The summed E-state index contributed by atoms with van der Waals surface area (Å²) in [4.78, 5) is 11.4. The summed E-state index contributed by atoms with van der Waals surface area (Å²) in [6, 6.07) is 28.8. The summed E-state index contributed by atoms with van der Waals surface area (Å²) in [6.07, 6.45) is -3.42. The number of anilines is 4. The van der Waals surface area contributed by atoms with Gasteiger partial charge in [-0.25, -0.2) is 0 Å². The Kier molecular flexibility index (Phi) is 8.72. The van der Waals surface area contributed by atoms with Crippen LogP contribution in [-0.2, 0) is 6.18 Å². The Bertz CT molecular complexity index is 1450. The molecule has 1 fully saturated rings. The molecule has 0 aromatic heterocycles. The van der Waals surface area contributed by atoms with Crippen LogP contribution in [0, 0.1) is 0 Å². The Hall–Kier alpha value is -3.11. The number of rotatable bonds is 4. The lowest BCUT2D eigenvalue weighted by atomic mass is 10.1. The molecule has 9 heteroatoms. The second-order valence-electron chi connectivity index (χ2n) is 10.6. The van der Waals surface area contributed by atoms with Gasteiger partial charge in [-0.1, -0.05) is 59.9 Å². The number of fused-ring (bicyclic) bond motifs is 4. The van der Waals surface area contributed by atoms with E-state index in [0.29, 0.717) is 12.2 Å². The van der Waals surface area contributed by atoms with Crippen LogP contribution >= 0.6 is 23.5 Å². The summed E-state index contributed by atoms with van der Waals surface area (Å²) in [5.41, 5.74) is 3.48. The minimum Gasteiger partial charge on any atom is -0.354 e. The van der Waals surface area contributed by atoms with E-state index in [0.717, 1.165) is 54.6 Å². The maximum absolute atomic E-state index is 13.3. The van der Waals surface area contributed by atoms with Gasteiger partial charge >= 0.3 is 6.18 Å².